The van der Waals surface area contributed by atoms with E-state index in [2.05, 4.69) is 36.9 Å². The molecular weight excluding hydrogens is 374 g/mol. The van der Waals surface area contributed by atoms with Crippen LogP contribution in [0.15, 0.2) is 35.3 Å². The van der Waals surface area contributed by atoms with Crippen LogP contribution in [-0.2, 0) is 9.47 Å². The predicted octanol–water partition coefficient (Wildman–Crippen LogP) is 5.94. The lowest BCUT2D eigenvalue weighted by atomic mass is 9.45. The van der Waals surface area contributed by atoms with Crippen LogP contribution in [0.5, 0.6) is 0 Å². The molecule has 4 heteroatoms. The molecule has 2 spiro atoms. The van der Waals surface area contributed by atoms with Gasteiger partial charge in [-0.3, -0.25) is 0 Å². The van der Waals surface area contributed by atoms with Crippen molar-refractivity contribution < 1.29 is 14.6 Å². The van der Waals surface area contributed by atoms with Gasteiger partial charge in [0.15, 0.2) is 5.79 Å². The zero-order chi connectivity index (χ0) is 20.8. The van der Waals surface area contributed by atoms with Gasteiger partial charge in [-0.15, -0.1) is 0 Å². The fourth-order valence-electron chi connectivity index (χ4n) is 8.94. The number of fused-ring (bicyclic) bond motifs is 7. The van der Waals surface area contributed by atoms with Gasteiger partial charge in [-0.25, -0.2) is 4.85 Å². The zero-order valence-corrected chi connectivity index (χ0v) is 18.2. The normalized spacial score (nSPS) is 45.2. The third kappa shape index (κ3) is 2.04. The highest BCUT2D eigenvalue weighted by atomic mass is 16.7. The third-order valence-electron chi connectivity index (χ3n) is 10.3. The smallest absolute Gasteiger partial charge is 0.203 e. The molecule has 0 aromatic rings. The molecule has 0 radical (unpaired) electrons. The molecule has 6 rings (SSSR count). The molecule has 6 aliphatic rings. The van der Waals surface area contributed by atoms with Gasteiger partial charge in [-0.1, -0.05) is 37.6 Å². The van der Waals surface area contributed by atoms with E-state index in [1.807, 2.05) is 0 Å². The lowest BCUT2D eigenvalue weighted by Crippen LogP contribution is -2.56. The van der Waals surface area contributed by atoms with E-state index < -0.39 is 0 Å². The lowest BCUT2D eigenvalue weighted by Gasteiger charge is -2.60. The van der Waals surface area contributed by atoms with E-state index in [-0.39, 0.29) is 22.0 Å². The highest BCUT2D eigenvalue weighted by Crippen LogP contribution is 2.71. The van der Waals surface area contributed by atoms with Gasteiger partial charge in [-0.2, -0.15) is 0 Å². The predicted molar refractivity (Wildman–Crippen MR) is 114 cm³/mol. The Bertz CT molecular complexity index is 909. The molecule has 2 saturated carbocycles. The van der Waals surface area contributed by atoms with Crippen LogP contribution in [0.1, 0.15) is 65.2 Å². The van der Waals surface area contributed by atoms with Gasteiger partial charge in [0.05, 0.1) is 19.8 Å². The molecule has 30 heavy (non-hydrogen) atoms. The number of rotatable bonds is 0. The second kappa shape index (κ2) is 6.02. The number of allylic oxidation sites excluding steroid dienone is 5. The van der Waals surface area contributed by atoms with Gasteiger partial charge >= 0.3 is 0 Å². The maximum Gasteiger partial charge on any atom is 0.203 e. The fraction of sp³-hybridized carbons (Fsp3) is 0.731. The number of hydrogen-bond acceptors (Lipinski definition) is 3. The summed E-state index contributed by atoms with van der Waals surface area (Å²) in [4.78, 5) is 3.84. The summed E-state index contributed by atoms with van der Waals surface area (Å²) in [6.45, 7) is 14.1. The van der Waals surface area contributed by atoms with Crippen molar-refractivity contribution in [3.05, 3.63) is 46.7 Å². The molecule has 160 valence electrons. The van der Waals surface area contributed by atoms with E-state index in [4.69, 9.17) is 16.0 Å². The zero-order valence-electron chi connectivity index (χ0n) is 18.2. The minimum absolute atomic E-state index is 0.0322. The van der Waals surface area contributed by atoms with E-state index in [0.717, 1.165) is 51.7 Å². The van der Waals surface area contributed by atoms with E-state index >= 15 is 0 Å². The molecule has 5 atom stereocenters. The third-order valence-corrected chi connectivity index (χ3v) is 10.3. The molecule has 5 aliphatic carbocycles. The van der Waals surface area contributed by atoms with Gasteiger partial charge in [0.2, 0.25) is 5.70 Å². The number of aliphatic hydroxyl groups excluding tert-OH is 1. The largest absolute Gasteiger partial charge is 0.523 e. The summed E-state index contributed by atoms with van der Waals surface area (Å²) < 4.78 is 12.6. The standard InChI is InChI=1S/C26H33NO3/c1-23-16-20(27-3)22(28)25(10-4-5-11-25)21(23)7-6-17-18(23)8-12-24(2)19(17)9-13-26(24)29-14-15-30-26/h4-5,7,17-19,28H,6,8-16H2,1-2H3/t17-,18+,19+,23-,24+/m1/s1. The van der Waals surface area contributed by atoms with Crippen molar-refractivity contribution in [1.82, 2.24) is 0 Å². The van der Waals surface area contributed by atoms with Crippen LogP contribution in [0, 0.1) is 40.6 Å². The maximum absolute atomic E-state index is 11.2. The Hall–Kier alpha value is -1.57. The van der Waals surface area contributed by atoms with Gasteiger partial charge in [0, 0.05) is 17.3 Å². The van der Waals surface area contributed by atoms with Crippen LogP contribution < -0.4 is 0 Å². The van der Waals surface area contributed by atoms with Gasteiger partial charge in [0.1, 0.15) is 5.76 Å². The summed E-state index contributed by atoms with van der Waals surface area (Å²) in [5, 5.41) is 11.2. The van der Waals surface area contributed by atoms with Crippen LogP contribution in [0.3, 0.4) is 0 Å². The summed E-state index contributed by atoms with van der Waals surface area (Å²) in [6, 6.07) is 0. The summed E-state index contributed by atoms with van der Waals surface area (Å²) in [5.74, 6) is 1.78. The van der Waals surface area contributed by atoms with Gasteiger partial charge in [-0.05, 0) is 68.1 Å². The molecule has 0 unspecified atom stereocenters. The highest BCUT2D eigenvalue weighted by molar-refractivity contribution is 5.46. The molecule has 1 heterocycles. The van der Waals surface area contributed by atoms with E-state index in [0.29, 0.717) is 35.6 Å². The Morgan fingerprint density at radius 1 is 1.07 bits per heavy atom. The number of ether oxygens (including phenoxy) is 2. The Kier molecular flexibility index (Phi) is 3.84. The van der Waals surface area contributed by atoms with Crippen LogP contribution in [0.25, 0.3) is 4.85 Å². The number of nitrogens with zero attached hydrogens (tertiary/aromatic N) is 1. The van der Waals surface area contributed by atoms with E-state index in [9.17, 15) is 5.11 Å². The van der Waals surface area contributed by atoms with Crippen LogP contribution in [0.4, 0.5) is 0 Å². The summed E-state index contributed by atoms with van der Waals surface area (Å²) in [5.41, 5.74) is 1.74. The number of aliphatic hydroxyl groups is 1. The molecule has 1 saturated heterocycles. The van der Waals surface area contributed by atoms with E-state index in [1.54, 1.807) is 0 Å². The molecule has 0 aromatic heterocycles. The Balaban J connectivity index is 1.42. The first-order chi connectivity index (χ1) is 14.4. The fourth-order valence-corrected chi connectivity index (χ4v) is 8.94. The van der Waals surface area contributed by atoms with Gasteiger partial charge in [0.25, 0.3) is 0 Å². The first-order valence-corrected chi connectivity index (χ1v) is 11.8. The highest BCUT2D eigenvalue weighted by Gasteiger charge is 2.67. The summed E-state index contributed by atoms with van der Waals surface area (Å²) >= 11 is 0. The van der Waals surface area contributed by atoms with Crippen molar-refractivity contribution in [2.24, 2.45) is 34.0 Å². The topological polar surface area (TPSA) is 43.0 Å². The molecule has 3 fully saturated rings. The minimum Gasteiger partial charge on any atom is -0.523 e. The first-order valence-electron chi connectivity index (χ1n) is 11.8. The van der Waals surface area contributed by atoms with Crippen molar-refractivity contribution in [2.75, 3.05) is 13.2 Å². The molecule has 0 aromatic carbocycles. The van der Waals surface area contributed by atoms with Crippen molar-refractivity contribution in [3.8, 4) is 0 Å². The second-order valence-corrected chi connectivity index (χ2v) is 11.1. The average molecular weight is 408 g/mol. The minimum atomic E-state index is -0.365. The van der Waals surface area contributed by atoms with Gasteiger partial charge < -0.3 is 14.6 Å². The van der Waals surface area contributed by atoms with Crippen molar-refractivity contribution in [1.29, 1.82) is 0 Å². The molecule has 1 N–H and O–H groups in total. The number of hydrogen-bond donors (Lipinski definition) is 1. The Morgan fingerprint density at radius 3 is 2.47 bits per heavy atom. The van der Waals surface area contributed by atoms with Crippen molar-refractivity contribution in [3.63, 3.8) is 0 Å². The molecule has 0 amide bonds. The van der Waals surface area contributed by atoms with Crippen molar-refractivity contribution >= 4 is 0 Å². The SMILES string of the molecule is [C-]#[N+]C1=C(O)C2(CC=CC2)C2=CC[C@@H]3[C@H](CC[C@@]4(C)[C@H]3CCC43OCCO3)[C@@]2(C)C1. The molecule has 0 bridgehead atoms. The first kappa shape index (κ1) is 19.1. The van der Waals surface area contributed by atoms with Crippen LogP contribution in [0.2, 0.25) is 0 Å². The van der Waals surface area contributed by atoms with Crippen LogP contribution in [-0.4, -0.2) is 24.1 Å². The lowest BCUT2D eigenvalue weighted by molar-refractivity contribution is -0.242. The maximum atomic E-state index is 11.2. The Morgan fingerprint density at radius 2 is 1.77 bits per heavy atom. The summed E-state index contributed by atoms with van der Waals surface area (Å²) in [7, 11) is 0. The van der Waals surface area contributed by atoms with Crippen LogP contribution >= 0.6 is 0 Å². The quantitative estimate of drug-likeness (QED) is 0.399. The molecular formula is C26H33NO3. The molecule has 4 nitrogen and oxygen atoms in total. The second-order valence-electron chi connectivity index (χ2n) is 11.1. The van der Waals surface area contributed by atoms with Crippen molar-refractivity contribution in [2.45, 2.75) is 71.0 Å². The monoisotopic (exact) mass is 407 g/mol. The molecule has 1 aliphatic heterocycles. The Labute approximate surface area is 179 Å². The van der Waals surface area contributed by atoms with E-state index in [1.165, 1.54) is 12.0 Å². The summed E-state index contributed by atoms with van der Waals surface area (Å²) in [6.07, 6.45) is 14.8. The average Bonchev–Trinajstić information content (AvgIpc) is 3.47.